The van der Waals surface area contributed by atoms with Crippen LogP contribution in [0.15, 0.2) is 84.5 Å². The quantitative estimate of drug-likeness (QED) is 0.190. The van der Waals surface area contributed by atoms with Gasteiger partial charge >= 0.3 is 0 Å². The lowest BCUT2D eigenvalue weighted by molar-refractivity contribution is -0.384. The Bertz CT molecular complexity index is 1490. The number of carbonyl (C=O) groups excluding carboxylic acids is 2. The molecule has 2 amide bonds. The number of allylic oxidation sites excluding steroid dienone is 3. The largest absolute Gasteiger partial charge is 0.497 e. The minimum Gasteiger partial charge on any atom is -0.497 e. The van der Waals surface area contributed by atoms with Gasteiger partial charge in [-0.3, -0.25) is 19.7 Å². The molecule has 2 fully saturated rings. The average molecular weight is 527 g/mol. The number of carbonyl (C=O) groups is 2. The van der Waals surface area contributed by atoms with Crippen molar-refractivity contribution >= 4 is 28.8 Å². The molecule has 6 rings (SSSR count). The zero-order valence-electron chi connectivity index (χ0n) is 21.0. The number of imide groups is 1. The number of nitro groups is 1. The number of amides is 2. The number of halogens is 1. The van der Waals surface area contributed by atoms with E-state index in [4.69, 9.17) is 9.47 Å². The van der Waals surface area contributed by atoms with Crippen LogP contribution in [0.3, 0.4) is 0 Å². The maximum absolute atomic E-state index is 13.8. The Kier molecular flexibility index (Phi) is 5.79. The normalized spacial score (nSPS) is 22.8. The number of rotatable bonds is 6. The fourth-order valence-corrected chi connectivity index (χ4v) is 6.18. The summed E-state index contributed by atoms with van der Waals surface area (Å²) in [6.07, 6.45) is 3.89. The molecular weight excluding hydrogens is 503 g/mol. The monoisotopic (exact) mass is 526 g/mol. The SMILES string of the molecule is COc1ccc(C(=C2[C@H]3C=C[C@H]2[C@H]2C(=O)N(c4ccc(F)cc4[N+](=O)[O-])C(=O)[C@H]23)c2ccc(OC)cc2)cc1. The Hall–Kier alpha value is -4.79. The summed E-state index contributed by atoms with van der Waals surface area (Å²) in [6.45, 7) is 0. The van der Waals surface area contributed by atoms with Gasteiger partial charge in [-0.1, -0.05) is 36.4 Å². The van der Waals surface area contributed by atoms with Crippen molar-refractivity contribution in [3.05, 3.63) is 112 Å². The number of fused-ring (bicyclic) bond motifs is 5. The van der Waals surface area contributed by atoms with Crippen LogP contribution in [0.5, 0.6) is 11.5 Å². The Labute approximate surface area is 223 Å². The average Bonchev–Trinajstić information content (AvgIpc) is 3.58. The van der Waals surface area contributed by atoms with Crippen LogP contribution in [0.25, 0.3) is 5.57 Å². The standard InChI is InChI=1S/C30H23FN2O6/c1-38-19-8-3-16(4-9-19)25(17-5-10-20(39-2)11-6-17)26-21-12-13-22(26)28-27(21)29(34)32(30(28)35)23-14-7-18(31)15-24(23)33(36)37/h3-15,21-22,27-28H,1-2H3/t21-,22-,27-,28+/m1/s1. The third kappa shape index (κ3) is 3.72. The van der Waals surface area contributed by atoms with Gasteiger partial charge in [-0.25, -0.2) is 9.29 Å². The van der Waals surface area contributed by atoms with Crippen molar-refractivity contribution in [3.8, 4) is 11.5 Å². The van der Waals surface area contributed by atoms with Crippen LogP contribution in [0.4, 0.5) is 15.8 Å². The first-order chi connectivity index (χ1) is 18.8. The number of ether oxygens (including phenoxy) is 2. The molecule has 2 bridgehead atoms. The second-order valence-electron chi connectivity index (χ2n) is 9.68. The minimum absolute atomic E-state index is 0.207. The second-order valence-corrected chi connectivity index (χ2v) is 9.68. The van der Waals surface area contributed by atoms with Gasteiger partial charge in [0.1, 0.15) is 23.0 Å². The number of nitro benzene ring substituents is 1. The number of hydrogen-bond acceptors (Lipinski definition) is 6. The summed E-state index contributed by atoms with van der Waals surface area (Å²) < 4.78 is 24.4. The van der Waals surface area contributed by atoms with Gasteiger partial charge < -0.3 is 9.47 Å². The van der Waals surface area contributed by atoms with Gasteiger partial charge in [0.25, 0.3) is 5.69 Å². The van der Waals surface area contributed by atoms with E-state index in [9.17, 15) is 24.1 Å². The van der Waals surface area contributed by atoms with Gasteiger partial charge in [-0.2, -0.15) is 0 Å². The molecule has 0 N–H and O–H groups in total. The molecule has 3 aromatic carbocycles. The molecule has 4 atom stereocenters. The van der Waals surface area contributed by atoms with Gasteiger partial charge in [0, 0.05) is 11.8 Å². The maximum Gasteiger partial charge on any atom is 0.296 e. The van der Waals surface area contributed by atoms with E-state index < -0.39 is 40.1 Å². The highest BCUT2D eigenvalue weighted by molar-refractivity contribution is 6.24. The number of hydrogen-bond donors (Lipinski definition) is 0. The van der Waals surface area contributed by atoms with Crippen LogP contribution < -0.4 is 14.4 Å². The second kappa shape index (κ2) is 9.20. The fraction of sp³-hybridized carbons (Fsp3) is 0.200. The van der Waals surface area contributed by atoms with E-state index in [2.05, 4.69) is 0 Å². The van der Waals surface area contributed by atoms with Crippen molar-refractivity contribution in [1.82, 2.24) is 0 Å². The Morgan fingerprint density at radius 1 is 0.821 bits per heavy atom. The van der Waals surface area contributed by atoms with Crippen LogP contribution >= 0.6 is 0 Å². The Morgan fingerprint density at radius 3 is 1.74 bits per heavy atom. The summed E-state index contributed by atoms with van der Waals surface area (Å²) in [5.74, 6) is -2.62. The zero-order chi connectivity index (χ0) is 27.4. The molecule has 3 aliphatic rings. The molecule has 8 nitrogen and oxygen atoms in total. The van der Waals surface area contributed by atoms with E-state index in [0.717, 1.165) is 45.4 Å². The van der Waals surface area contributed by atoms with E-state index in [1.165, 1.54) is 0 Å². The smallest absolute Gasteiger partial charge is 0.296 e. The lowest BCUT2D eigenvalue weighted by Crippen LogP contribution is -2.33. The molecule has 1 saturated carbocycles. The van der Waals surface area contributed by atoms with Gasteiger partial charge in [-0.05, 0) is 58.7 Å². The minimum atomic E-state index is -0.819. The number of benzene rings is 3. The summed E-state index contributed by atoms with van der Waals surface area (Å²) in [5.41, 5.74) is 2.84. The van der Waals surface area contributed by atoms with Crippen LogP contribution in [0.1, 0.15) is 11.1 Å². The van der Waals surface area contributed by atoms with Crippen molar-refractivity contribution in [2.24, 2.45) is 23.7 Å². The van der Waals surface area contributed by atoms with Gasteiger partial charge in [-0.15, -0.1) is 0 Å². The van der Waals surface area contributed by atoms with E-state index in [1.807, 2.05) is 60.7 Å². The molecule has 0 aromatic heterocycles. The van der Waals surface area contributed by atoms with Crippen LogP contribution in [0, 0.1) is 39.6 Å². The lowest BCUT2D eigenvalue weighted by Gasteiger charge is -2.21. The molecular formula is C30H23FN2O6. The van der Waals surface area contributed by atoms with Crippen LogP contribution in [-0.4, -0.2) is 31.0 Å². The first-order valence-corrected chi connectivity index (χ1v) is 12.4. The van der Waals surface area contributed by atoms with Crippen molar-refractivity contribution in [2.45, 2.75) is 0 Å². The molecule has 1 saturated heterocycles. The molecule has 0 unspecified atom stereocenters. The van der Waals surface area contributed by atoms with Crippen molar-refractivity contribution in [1.29, 1.82) is 0 Å². The summed E-state index contributed by atoms with van der Waals surface area (Å²) in [5, 5.41) is 11.6. The van der Waals surface area contributed by atoms with Crippen molar-refractivity contribution in [3.63, 3.8) is 0 Å². The predicted molar refractivity (Wildman–Crippen MR) is 141 cm³/mol. The van der Waals surface area contributed by atoms with Crippen molar-refractivity contribution in [2.75, 3.05) is 19.1 Å². The zero-order valence-corrected chi connectivity index (χ0v) is 21.0. The highest BCUT2D eigenvalue weighted by Crippen LogP contribution is 2.59. The van der Waals surface area contributed by atoms with Crippen LogP contribution in [-0.2, 0) is 9.59 Å². The molecule has 3 aromatic rings. The first-order valence-electron chi connectivity index (χ1n) is 12.4. The fourth-order valence-electron chi connectivity index (χ4n) is 6.18. The summed E-state index contributed by atoms with van der Waals surface area (Å²) in [4.78, 5) is 39.2. The molecule has 0 spiro atoms. The third-order valence-corrected chi connectivity index (χ3v) is 7.84. The highest BCUT2D eigenvalue weighted by Gasteiger charge is 2.63. The van der Waals surface area contributed by atoms with Crippen LogP contribution in [0.2, 0.25) is 0 Å². The summed E-state index contributed by atoms with van der Waals surface area (Å²) in [6, 6.07) is 18.1. The van der Waals surface area contributed by atoms with Gasteiger partial charge in [0.15, 0.2) is 0 Å². The summed E-state index contributed by atoms with van der Waals surface area (Å²) >= 11 is 0. The third-order valence-electron chi connectivity index (χ3n) is 7.84. The molecule has 0 radical (unpaired) electrons. The molecule has 9 heteroatoms. The molecule has 196 valence electrons. The lowest BCUT2D eigenvalue weighted by atomic mass is 9.85. The Morgan fingerprint density at radius 2 is 1.31 bits per heavy atom. The number of anilines is 1. The number of nitrogens with zero attached hydrogens (tertiary/aromatic N) is 2. The predicted octanol–water partition coefficient (Wildman–Crippen LogP) is 5.17. The van der Waals surface area contributed by atoms with Gasteiger partial charge in [0.05, 0.1) is 37.0 Å². The topological polar surface area (TPSA) is 99.0 Å². The molecule has 39 heavy (non-hydrogen) atoms. The van der Waals surface area contributed by atoms with E-state index in [1.54, 1.807) is 14.2 Å². The Balaban J connectivity index is 1.47. The first kappa shape index (κ1) is 24.5. The van der Waals surface area contributed by atoms with E-state index >= 15 is 0 Å². The maximum atomic E-state index is 13.8. The van der Waals surface area contributed by atoms with E-state index in [-0.39, 0.29) is 17.5 Å². The molecule has 1 aliphatic heterocycles. The molecule has 1 heterocycles. The summed E-state index contributed by atoms with van der Waals surface area (Å²) in [7, 11) is 3.18. The van der Waals surface area contributed by atoms with E-state index in [0.29, 0.717) is 11.5 Å². The number of methoxy groups -OCH3 is 2. The molecule has 2 aliphatic carbocycles. The highest BCUT2D eigenvalue weighted by atomic mass is 19.1. The van der Waals surface area contributed by atoms with Crippen molar-refractivity contribution < 1.29 is 28.4 Å². The van der Waals surface area contributed by atoms with Gasteiger partial charge in [0.2, 0.25) is 11.8 Å².